The lowest BCUT2D eigenvalue weighted by Gasteiger charge is -2.10. The lowest BCUT2D eigenvalue weighted by atomic mass is 10.1. The first-order valence-corrected chi connectivity index (χ1v) is 7.00. The monoisotopic (exact) mass is 339 g/mol. The van der Waals surface area contributed by atoms with Gasteiger partial charge in [0.2, 0.25) is 0 Å². The maximum atomic E-state index is 14.2. The molecular formula is C15H12Cl2FN3O. The van der Waals surface area contributed by atoms with Crippen molar-refractivity contribution >= 4 is 23.2 Å². The van der Waals surface area contributed by atoms with Crippen LogP contribution in [0.4, 0.5) is 4.39 Å². The van der Waals surface area contributed by atoms with Crippen LogP contribution in [0, 0.1) is 17.1 Å². The normalized spacial score (nSPS) is 10.4. The van der Waals surface area contributed by atoms with Crippen LogP contribution < -0.4 is 4.74 Å². The molecule has 1 aromatic carbocycles. The lowest BCUT2D eigenvalue weighted by Crippen LogP contribution is -1.99. The first-order valence-electron chi connectivity index (χ1n) is 6.24. The Hall–Kier alpha value is -2.03. The van der Waals surface area contributed by atoms with Gasteiger partial charge in [-0.2, -0.15) is 10.4 Å². The number of benzene rings is 1. The molecule has 1 heterocycles. The minimum atomic E-state index is -0.600. The number of aromatic nitrogens is 2. The van der Waals surface area contributed by atoms with Crippen LogP contribution in [0.1, 0.15) is 12.6 Å². The molecule has 1 aromatic heterocycles. The molecule has 0 spiro atoms. The van der Waals surface area contributed by atoms with Crippen molar-refractivity contribution in [2.75, 3.05) is 6.61 Å². The molecule has 0 unspecified atom stereocenters. The fourth-order valence-electron chi connectivity index (χ4n) is 1.81. The zero-order valence-corrected chi connectivity index (χ0v) is 13.5. The fourth-order valence-corrected chi connectivity index (χ4v) is 2.32. The van der Waals surface area contributed by atoms with Gasteiger partial charge in [0.05, 0.1) is 5.02 Å². The highest BCUT2D eigenvalue weighted by Gasteiger charge is 2.20. The van der Waals surface area contributed by atoms with E-state index in [1.807, 2.05) is 6.07 Å². The van der Waals surface area contributed by atoms with Crippen molar-refractivity contribution in [2.24, 2.45) is 7.05 Å². The van der Waals surface area contributed by atoms with Gasteiger partial charge < -0.3 is 4.74 Å². The van der Waals surface area contributed by atoms with Crippen molar-refractivity contribution in [1.82, 2.24) is 9.78 Å². The molecule has 0 atom stereocenters. The summed E-state index contributed by atoms with van der Waals surface area (Å²) in [5.41, 5.74) is 1.22. The standard InChI is InChI=1S/C15H12Cl2FN3O/c1-8(2)7-22-13-4-9(11(18)5-10(13)16)15-14(17)12(6-19)21(3)20-15/h4-5H,1,7H2,2-3H3. The summed E-state index contributed by atoms with van der Waals surface area (Å²) >= 11 is 12.1. The van der Waals surface area contributed by atoms with Crippen molar-refractivity contribution in [2.45, 2.75) is 6.92 Å². The van der Waals surface area contributed by atoms with E-state index in [2.05, 4.69) is 11.7 Å². The Balaban J connectivity index is 2.54. The van der Waals surface area contributed by atoms with Gasteiger partial charge in [-0.05, 0) is 24.6 Å². The van der Waals surface area contributed by atoms with Crippen LogP contribution in [0.3, 0.4) is 0 Å². The highest BCUT2D eigenvalue weighted by atomic mass is 35.5. The number of halogens is 3. The SMILES string of the molecule is C=C(C)COc1cc(-c2nn(C)c(C#N)c2Cl)c(F)cc1Cl. The van der Waals surface area contributed by atoms with E-state index in [1.165, 1.54) is 10.7 Å². The Labute approximate surface area is 137 Å². The Bertz CT molecular complexity index is 793. The van der Waals surface area contributed by atoms with E-state index in [1.54, 1.807) is 14.0 Å². The van der Waals surface area contributed by atoms with Gasteiger partial charge in [-0.3, -0.25) is 4.68 Å². The van der Waals surface area contributed by atoms with Gasteiger partial charge in [-0.15, -0.1) is 0 Å². The highest BCUT2D eigenvalue weighted by molar-refractivity contribution is 6.34. The van der Waals surface area contributed by atoms with Crippen LogP contribution in [0.2, 0.25) is 10.0 Å². The van der Waals surface area contributed by atoms with Crippen LogP contribution in [-0.4, -0.2) is 16.4 Å². The first kappa shape index (κ1) is 16.3. The molecule has 0 saturated heterocycles. The van der Waals surface area contributed by atoms with Gasteiger partial charge in [0.1, 0.15) is 35.0 Å². The van der Waals surface area contributed by atoms with Crippen molar-refractivity contribution in [3.05, 3.63) is 45.8 Å². The van der Waals surface area contributed by atoms with Crippen molar-refractivity contribution in [3.63, 3.8) is 0 Å². The predicted octanol–water partition coefficient (Wildman–Crippen LogP) is 4.36. The predicted molar refractivity (Wildman–Crippen MR) is 83.6 cm³/mol. The van der Waals surface area contributed by atoms with E-state index < -0.39 is 5.82 Å². The molecule has 0 fully saturated rings. The minimum absolute atomic E-state index is 0.0806. The smallest absolute Gasteiger partial charge is 0.157 e. The zero-order chi connectivity index (χ0) is 16.4. The average molecular weight is 340 g/mol. The number of nitriles is 1. The second-order valence-corrected chi connectivity index (χ2v) is 5.54. The molecule has 2 aromatic rings. The third-order valence-corrected chi connectivity index (χ3v) is 3.50. The number of aryl methyl sites for hydroxylation is 1. The van der Waals surface area contributed by atoms with Crippen molar-refractivity contribution in [1.29, 1.82) is 5.26 Å². The number of ether oxygens (including phenoxy) is 1. The van der Waals surface area contributed by atoms with E-state index in [0.717, 1.165) is 11.6 Å². The van der Waals surface area contributed by atoms with Gasteiger partial charge >= 0.3 is 0 Å². The van der Waals surface area contributed by atoms with Crippen molar-refractivity contribution in [3.8, 4) is 23.1 Å². The van der Waals surface area contributed by atoms with E-state index in [4.69, 9.17) is 33.2 Å². The molecule has 0 radical (unpaired) electrons. The molecule has 0 aliphatic carbocycles. The summed E-state index contributed by atoms with van der Waals surface area (Å²) in [7, 11) is 1.56. The van der Waals surface area contributed by atoms with E-state index in [-0.39, 0.29) is 33.6 Å². The number of hydrogen-bond acceptors (Lipinski definition) is 3. The largest absolute Gasteiger partial charge is 0.488 e. The molecule has 0 aliphatic rings. The zero-order valence-electron chi connectivity index (χ0n) is 12.0. The Kier molecular flexibility index (Phi) is 4.74. The van der Waals surface area contributed by atoms with Crippen LogP contribution in [0.15, 0.2) is 24.3 Å². The number of rotatable bonds is 4. The Morgan fingerprint density at radius 2 is 2.18 bits per heavy atom. The molecule has 0 aliphatic heterocycles. The summed E-state index contributed by atoms with van der Waals surface area (Å²) in [6, 6.07) is 4.46. The fraction of sp³-hybridized carbons (Fsp3) is 0.200. The maximum absolute atomic E-state index is 14.2. The Morgan fingerprint density at radius 3 is 2.73 bits per heavy atom. The first-order chi connectivity index (χ1) is 10.3. The molecule has 0 saturated carbocycles. The van der Waals surface area contributed by atoms with E-state index in [0.29, 0.717) is 5.75 Å². The van der Waals surface area contributed by atoms with E-state index in [9.17, 15) is 4.39 Å². The summed E-state index contributed by atoms with van der Waals surface area (Å²) in [6.07, 6.45) is 0. The molecule has 0 N–H and O–H groups in total. The quantitative estimate of drug-likeness (QED) is 0.777. The van der Waals surface area contributed by atoms with Gasteiger partial charge in [0.15, 0.2) is 5.69 Å². The molecule has 4 nitrogen and oxygen atoms in total. The minimum Gasteiger partial charge on any atom is -0.488 e. The second kappa shape index (κ2) is 6.39. The maximum Gasteiger partial charge on any atom is 0.157 e. The number of nitrogens with zero attached hydrogens (tertiary/aromatic N) is 3. The molecule has 2 rings (SSSR count). The summed E-state index contributed by atoms with van der Waals surface area (Å²) in [5, 5.41) is 13.3. The van der Waals surface area contributed by atoms with Crippen molar-refractivity contribution < 1.29 is 9.13 Å². The molecule has 22 heavy (non-hydrogen) atoms. The van der Waals surface area contributed by atoms with E-state index >= 15 is 0 Å². The van der Waals surface area contributed by atoms with Crippen LogP contribution in [0.25, 0.3) is 11.3 Å². The molecule has 114 valence electrons. The van der Waals surface area contributed by atoms with Crippen LogP contribution >= 0.6 is 23.2 Å². The molecule has 0 bridgehead atoms. The molecule has 0 amide bonds. The topological polar surface area (TPSA) is 50.8 Å². The molecule has 7 heteroatoms. The van der Waals surface area contributed by atoms with Gasteiger partial charge in [0, 0.05) is 12.6 Å². The third-order valence-electron chi connectivity index (χ3n) is 2.85. The lowest BCUT2D eigenvalue weighted by molar-refractivity contribution is 0.352. The Morgan fingerprint density at radius 1 is 1.50 bits per heavy atom. The summed E-state index contributed by atoms with van der Waals surface area (Å²) < 4.78 is 21.0. The average Bonchev–Trinajstić information content (AvgIpc) is 2.72. The van der Waals surface area contributed by atoms with Gasteiger partial charge in [0.25, 0.3) is 0 Å². The summed E-state index contributed by atoms with van der Waals surface area (Å²) in [6.45, 7) is 5.78. The summed E-state index contributed by atoms with van der Waals surface area (Å²) in [5.74, 6) is -0.307. The third kappa shape index (κ3) is 3.08. The highest BCUT2D eigenvalue weighted by Crippen LogP contribution is 2.36. The van der Waals surface area contributed by atoms with Gasteiger partial charge in [-0.1, -0.05) is 29.8 Å². The molecular weight excluding hydrogens is 328 g/mol. The van der Waals surface area contributed by atoms with Crippen LogP contribution in [0.5, 0.6) is 5.75 Å². The summed E-state index contributed by atoms with van der Waals surface area (Å²) in [4.78, 5) is 0. The number of hydrogen-bond donors (Lipinski definition) is 0. The second-order valence-electron chi connectivity index (χ2n) is 4.75. The van der Waals surface area contributed by atoms with Gasteiger partial charge in [-0.25, -0.2) is 4.39 Å². The van der Waals surface area contributed by atoms with Crippen LogP contribution in [-0.2, 0) is 7.05 Å².